The Bertz CT molecular complexity index is 822. The van der Waals surface area contributed by atoms with Gasteiger partial charge in [0.2, 0.25) is 0 Å². The molecular formula is C15H15N5OS. The molecular weight excluding hydrogens is 298 g/mol. The molecule has 0 spiro atoms. The smallest absolute Gasteiger partial charge is 0.250 e. The van der Waals surface area contributed by atoms with Gasteiger partial charge in [0, 0.05) is 18.3 Å². The summed E-state index contributed by atoms with van der Waals surface area (Å²) >= 11 is 1.17. The number of carbonyl (C=O) groups is 1. The molecule has 0 aliphatic rings. The zero-order valence-electron chi connectivity index (χ0n) is 12.1. The fraction of sp³-hybridized carbons (Fsp3) is 0.200. The van der Waals surface area contributed by atoms with Crippen molar-refractivity contribution in [3.8, 4) is 0 Å². The van der Waals surface area contributed by atoms with Crippen LogP contribution in [-0.4, -0.2) is 24.4 Å². The van der Waals surface area contributed by atoms with Crippen molar-refractivity contribution in [2.75, 3.05) is 4.90 Å². The number of rotatable bonds is 5. The van der Waals surface area contributed by atoms with Crippen molar-refractivity contribution in [1.29, 1.82) is 0 Å². The Morgan fingerprint density at radius 1 is 1.45 bits per heavy atom. The van der Waals surface area contributed by atoms with Crippen LogP contribution in [0.5, 0.6) is 0 Å². The summed E-state index contributed by atoms with van der Waals surface area (Å²) in [7, 11) is 0. The molecule has 7 heteroatoms. The summed E-state index contributed by atoms with van der Waals surface area (Å²) < 4.78 is 10.3. The van der Waals surface area contributed by atoms with Crippen LogP contribution in [0.15, 0.2) is 43.2 Å². The SMILES string of the molecule is C=CC(=O)N(Cc1cccc2nsnc12)c1cnn(CC)c1. The molecule has 0 unspecified atom stereocenters. The standard InChI is InChI=1S/C15H15N5OS/c1-3-14(21)20(12-8-16-19(4-2)10-12)9-11-6-5-7-13-15(11)18-22-17-13/h3,5-8,10H,1,4,9H2,2H3. The van der Waals surface area contributed by atoms with E-state index in [9.17, 15) is 4.79 Å². The van der Waals surface area contributed by atoms with Crippen molar-refractivity contribution in [1.82, 2.24) is 18.5 Å². The number of anilines is 1. The number of nitrogens with zero attached hydrogens (tertiary/aromatic N) is 5. The molecule has 0 saturated heterocycles. The molecule has 0 N–H and O–H groups in total. The monoisotopic (exact) mass is 313 g/mol. The Hall–Kier alpha value is -2.54. The van der Waals surface area contributed by atoms with Gasteiger partial charge in [0.1, 0.15) is 11.0 Å². The first-order valence-corrected chi connectivity index (χ1v) is 7.62. The lowest BCUT2D eigenvalue weighted by molar-refractivity contribution is -0.114. The largest absolute Gasteiger partial charge is 0.301 e. The lowest BCUT2D eigenvalue weighted by Crippen LogP contribution is -2.28. The summed E-state index contributed by atoms with van der Waals surface area (Å²) in [6.07, 6.45) is 4.84. The van der Waals surface area contributed by atoms with Gasteiger partial charge in [-0.1, -0.05) is 18.7 Å². The number of aryl methyl sites for hydroxylation is 1. The average Bonchev–Trinajstić information content (AvgIpc) is 3.20. The highest BCUT2D eigenvalue weighted by molar-refractivity contribution is 7.00. The lowest BCUT2D eigenvalue weighted by atomic mass is 10.1. The molecule has 3 aromatic rings. The molecule has 0 atom stereocenters. The van der Waals surface area contributed by atoms with Gasteiger partial charge in [-0.15, -0.1) is 0 Å². The van der Waals surface area contributed by atoms with Crippen LogP contribution in [-0.2, 0) is 17.9 Å². The van der Waals surface area contributed by atoms with E-state index in [4.69, 9.17) is 0 Å². The summed E-state index contributed by atoms with van der Waals surface area (Å²) in [5.41, 5.74) is 3.37. The first kappa shape index (κ1) is 14.4. The van der Waals surface area contributed by atoms with Crippen molar-refractivity contribution in [2.45, 2.75) is 20.0 Å². The van der Waals surface area contributed by atoms with E-state index in [0.29, 0.717) is 6.54 Å². The summed E-state index contributed by atoms with van der Waals surface area (Å²) in [4.78, 5) is 13.9. The van der Waals surface area contributed by atoms with E-state index in [-0.39, 0.29) is 5.91 Å². The molecule has 0 aliphatic heterocycles. The zero-order chi connectivity index (χ0) is 15.5. The number of carbonyl (C=O) groups excluding carboxylic acids is 1. The fourth-order valence-electron chi connectivity index (χ4n) is 2.23. The molecule has 0 aliphatic carbocycles. The minimum atomic E-state index is -0.171. The Morgan fingerprint density at radius 2 is 2.32 bits per heavy atom. The number of aromatic nitrogens is 4. The van der Waals surface area contributed by atoms with Crippen molar-refractivity contribution in [3.63, 3.8) is 0 Å². The number of amides is 1. The second-order valence-corrected chi connectivity index (χ2v) is 5.26. The van der Waals surface area contributed by atoms with Gasteiger partial charge in [0.15, 0.2) is 0 Å². The molecule has 0 radical (unpaired) electrons. The Morgan fingerprint density at radius 3 is 3.05 bits per heavy atom. The summed E-state index contributed by atoms with van der Waals surface area (Å²) in [5.74, 6) is -0.171. The van der Waals surface area contributed by atoms with Gasteiger partial charge in [-0.2, -0.15) is 13.8 Å². The molecule has 3 rings (SSSR count). The van der Waals surface area contributed by atoms with Crippen molar-refractivity contribution < 1.29 is 4.79 Å². The molecule has 6 nitrogen and oxygen atoms in total. The second kappa shape index (κ2) is 6.07. The quantitative estimate of drug-likeness (QED) is 0.679. The predicted octanol–water partition coefficient (Wildman–Crippen LogP) is 2.63. The van der Waals surface area contributed by atoms with Gasteiger partial charge < -0.3 is 4.90 Å². The van der Waals surface area contributed by atoms with Crippen LogP contribution in [0.2, 0.25) is 0 Å². The molecule has 1 amide bonds. The summed E-state index contributed by atoms with van der Waals surface area (Å²) in [6.45, 7) is 6.74. The van der Waals surface area contributed by atoms with Gasteiger partial charge in [-0.25, -0.2) is 0 Å². The Balaban J connectivity index is 1.98. The predicted molar refractivity (Wildman–Crippen MR) is 86.7 cm³/mol. The maximum atomic E-state index is 12.2. The van der Waals surface area contributed by atoms with Gasteiger partial charge in [-0.3, -0.25) is 9.48 Å². The second-order valence-electron chi connectivity index (χ2n) is 4.73. The highest BCUT2D eigenvalue weighted by Crippen LogP contribution is 2.22. The number of fused-ring (bicyclic) bond motifs is 1. The topological polar surface area (TPSA) is 63.9 Å². The van der Waals surface area contributed by atoms with E-state index in [0.717, 1.165) is 28.8 Å². The molecule has 0 bridgehead atoms. The maximum Gasteiger partial charge on any atom is 0.250 e. The summed E-state index contributed by atoms with van der Waals surface area (Å²) in [6, 6.07) is 5.79. The first-order chi connectivity index (χ1) is 10.7. The van der Waals surface area contributed by atoms with Crippen LogP contribution in [0.1, 0.15) is 12.5 Å². The Labute approximate surface area is 132 Å². The zero-order valence-corrected chi connectivity index (χ0v) is 13.0. The molecule has 1 aromatic carbocycles. The number of benzene rings is 1. The van der Waals surface area contributed by atoms with Crippen LogP contribution in [0, 0.1) is 0 Å². The van der Waals surface area contributed by atoms with E-state index in [1.165, 1.54) is 17.8 Å². The third kappa shape index (κ3) is 2.62. The van der Waals surface area contributed by atoms with E-state index in [1.807, 2.05) is 31.3 Å². The maximum absolute atomic E-state index is 12.2. The van der Waals surface area contributed by atoms with Gasteiger partial charge in [0.25, 0.3) is 5.91 Å². The highest BCUT2D eigenvalue weighted by Gasteiger charge is 2.17. The van der Waals surface area contributed by atoms with Crippen molar-refractivity contribution in [3.05, 3.63) is 48.8 Å². The third-order valence-corrected chi connectivity index (χ3v) is 3.94. The molecule has 22 heavy (non-hydrogen) atoms. The van der Waals surface area contributed by atoms with Crippen molar-refractivity contribution >= 4 is 34.4 Å². The van der Waals surface area contributed by atoms with Crippen LogP contribution >= 0.6 is 11.7 Å². The minimum absolute atomic E-state index is 0.171. The molecule has 112 valence electrons. The van der Waals surface area contributed by atoms with E-state index < -0.39 is 0 Å². The van der Waals surface area contributed by atoms with Crippen LogP contribution in [0.4, 0.5) is 5.69 Å². The van der Waals surface area contributed by atoms with Gasteiger partial charge in [0.05, 0.1) is 30.2 Å². The summed E-state index contributed by atoms with van der Waals surface area (Å²) in [5, 5.41) is 4.23. The van der Waals surface area contributed by atoms with E-state index >= 15 is 0 Å². The normalized spacial score (nSPS) is 10.8. The average molecular weight is 313 g/mol. The molecule has 0 saturated carbocycles. The van der Waals surface area contributed by atoms with Gasteiger partial charge in [-0.05, 0) is 19.1 Å². The highest BCUT2D eigenvalue weighted by atomic mass is 32.1. The minimum Gasteiger partial charge on any atom is -0.301 e. The van der Waals surface area contributed by atoms with E-state index in [2.05, 4.69) is 20.4 Å². The van der Waals surface area contributed by atoms with Crippen molar-refractivity contribution in [2.24, 2.45) is 0 Å². The van der Waals surface area contributed by atoms with Crippen LogP contribution < -0.4 is 4.90 Å². The number of hydrogen-bond acceptors (Lipinski definition) is 5. The molecule has 0 fully saturated rings. The first-order valence-electron chi connectivity index (χ1n) is 6.89. The Kier molecular flexibility index (Phi) is 3.97. The van der Waals surface area contributed by atoms with Crippen LogP contribution in [0.25, 0.3) is 11.0 Å². The van der Waals surface area contributed by atoms with Gasteiger partial charge >= 0.3 is 0 Å². The fourth-order valence-corrected chi connectivity index (χ4v) is 2.80. The third-order valence-electron chi connectivity index (χ3n) is 3.39. The lowest BCUT2D eigenvalue weighted by Gasteiger charge is -2.19. The van der Waals surface area contributed by atoms with E-state index in [1.54, 1.807) is 15.8 Å². The number of hydrogen-bond donors (Lipinski definition) is 0. The molecule has 2 aromatic heterocycles. The van der Waals surface area contributed by atoms with Crippen LogP contribution in [0.3, 0.4) is 0 Å². The molecule has 2 heterocycles.